The molecule has 0 amide bonds. The summed E-state index contributed by atoms with van der Waals surface area (Å²) in [7, 11) is 3.48. The average Bonchev–Trinajstić information content (AvgIpc) is 2.61. The van der Waals surface area contributed by atoms with Crippen LogP contribution in [0.1, 0.15) is 5.56 Å². The quantitative estimate of drug-likeness (QED) is 0.856. The highest BCUT2D eigenvalue weighted by Crippen LogP contribution is 2.28. The Hall–Kier alpha value is -1.97. The fourth-order valence-electron chi connectivity index (χ4n) is 1.92. The number of rotatable bonds is 3. The Morgan fingerprint density at radius 2 is 2.19 bits per heavy atom. The van der Waals surface area contributed by atoms with Crippen LogP contribution in [-0.2, 0) is 18.3 Å². The molecule has 84 valence electrons. The molecule has 0 unspecified atom stereocenters. The van der Waals surface area contributed by atoms with E-state index in [4.69, 9.17) is 9.84 Å². The number of nitrogens with zero attached hydrogens (tertiary/aromatic N) is 1. The number of aryl methyl sites for hydroxylation is 1. The molecule has 0 saturated carbocycles. The Morgan fingerprint density at radius 1 is 1.44 bits per heavy atom. The van der Waals surface area contributed by atoms with Crippen molar-refractivity contribution >= 4 is 16.9 Å². The van der Waals surface area contributed by atoms with Crippen molar-refractivity contribution in [2.24, 2.45) is 7.05 Å². The fraction of sp³-hybridized carbons (Fsp3) is 0.250. The van der Waals surface area contributed by atoms with Crippen molar-refractivity contribution in [3.63, 3.8) is 0 Å². The highest BCUT2D eigenvalue weighted by atomic mass is 16.5. The van der Waals surface area contributed by atoms with Crippen molar-refractivity contribution in [3.05, 3.63) is 30.0 Å². The van der Waals surface area contributed by atoms with Crippen LogP contribution >= 0.6 is 0 Å². The standard InChI is InChI=1S/C12H13NO3/c1-13-6-5-8-9(7-12(14)15)11(16-2)4-3-10(8)13/h3-6H,7H2,1-2H3,(H,14,15). The van der Waals surface area contributed by atoms with Crippen LogP contribution in [0.2, 0.25) is 0 Å². The third-order valence-corrected chi connectivity index (χ3v) is 2.68. The van der Waals surface area contributed by atoms with Gasteiger partial charge in [-0.25, -0.2) is 0 Å². The number of methoxy groups -OCH3 is 1. The summed E-state index contributed by atoms with van der Waals surface area (Å²) in [6.45, 7) is 0. The molecule has 16 heavy (non-hydrogen) atoms. The van der Waals surface area contributed by atoms with Gasteiger partial charge in [0.1, 0.15) is 5.75 Å². The summed E-state index contributed by atoms with van der Waals surface area (Å²) in [6.07, 6.45) is 1.89. The lowest BCUT2D eigenvalue weighted by Gasteiger charge is -2.08. The molecule has 2 aromatic rings. The fourth-order valence-corrected chi connectivity index (χ4v) is 1.92. The van der Waals surface area contributed by atoms with E-state index in [-0.39, 0.29) is 6.42 Å². The first-order chi connectivity index (χ1) is 7.63. The minimum atomic E-state index is -0.852. The van der Waals surface area contributed by atoms with Crippen LogP contribution in [0.15, 0.2) is 24.4 Å². The third-order valence-electron chi connectivity index (χ3n) is 2.68. The van der Waals surface area contributed by atoms with E-state index in [1.807, 2.05) is 29.9 Å². The molecule has 1 heterocycles. The van der Waals surface area contributed by atoms with Crippen molar-refractivity contribution in [3.8, 4) is 5.75 Å². The van der Waals surface area contributed by atoms with Crippen LogP contribution in [0.5, 0.6) is 5.75 Å². The summed E-state index contributed by atoms with van der Waals surface area (Å²) < 4.78 is 7.15. The molecule has 2 rings (SSSR count). The van der Waals surface area contributed by atoms with E-state index in [9.17, 15) is 4.79 Å². The summed E-state index contributed by atoms with van der Waals surface area (Å²) in [5.74, 6) is -0.226. The lowest BCUT2D eigenvalue weighted by atomic mass is 10.1. The van der Waals surface area contributed by atoms with E-state index in [0.717, 1.165) is 16.5 Å². The molecule has 0 aliphatic carbocycles. The lowest BCUT2D eigenvalue weighted by Crippen LogP contribution is -2.03. The Labute approximate surface area is 93.1 Å². The highest BCUT2D eigenvalue weighted by molar-refractivity contribution is 5.89. The lowest BCUT2D eigenvalue weighted by molar-refractivity contribution is -0.136. The second-order valence-corrected chi connectivity index (χ2v) is 3.68. The number of hydrogen-bond donors (Lipinski definition) is 1. The first kappa shape index (κ1) is 10.5. The molecule has 0 bridgehead atoms. The average molecular weight is 219 g/mol. The van der Waals surface area contributed by atoms with Crippen molar-refractivity contribution in [1.82, 2.24) is 4.57 Å². The molecule has 0 spiro atoms. The number of carboxylic acids is 1. The maximum Gasteiger partial charge on any atom is 0.307 e. The molecule has 0 fully saturated rings. The maximum atomic E-state index is 10.8. The molecule has 1 N–H and O–H groups in total. The van der Waals surface area contributed by atoms with Gasteiger partial charge >= 0.3 is 5.97 Å². The first-order valence-electron chi connectivity index (χ1n) is 4.96. The smallest absolute Gasteiger partial charge is 0.307 e. The van der Waals surface area contributed by atoms with Gasteiger partial charge in [-0.3, -0.25) is 4.79 Å². The van der Waals surface area contributed by atoms with Gasteiger partial charge in [-0.05, 0) is 18.2 Å². The van der Waals surface area contributed by atoms with Crippen LogP contribution in [0.4, 0.5) is 0 Å². The molecule has 1 aromatic carbocycles. The molecular weight excluding hydrogens is 206 g/mol. The van der Waals surface area contributed by atoms with Crippen LogP contribution in [0, 0.1) is 0 Å². The summed E-state index contributed by atoms with van der Waals surface area (Å²) in [4.78, 5) is 10.8. The predicted molar refractivity (Wildman–Crippen MR) is 60.8 cm³/mol. The number of fused-ring (bicyclic) bond motifs is 1. The van der Waals surface area contributed by atoms with E-state index < -0.39 is 5.97 Å². The summed E-state index contributed by atoms with van der Waals surface area (Å²) >= 11 is 0. The summed E-state index contributed by atoms with van der Waals surface area (Å²) in [6, 6.07) is 5.65. The monoisotopic (exact) mass is 219 g/mol. The molecule has 0 aliphatic rings. The van der Waals surface area contributed by atoms with Crippen molar-refractivity contribution in [2.45, 2.75) is 6.42 Å². The van der Waals surface area contributed by atoms with E-state index in [2.05, 4.69) is 0 Å². The first-order valence-corrected chi connectivity index (χ1v) is 4.96. The Bertz CT molecular complexity index is 542. The van der Waals surface area contributed by atoms with Crippen molar-refractivity contribution < 1.29 is 14.6 Å². The van der Waals surface area contributed by atoms with E-state index in [1.54, 1.807) is 13.2 Å². The van der Waals surface area contributed by atoms with Gasteiger partial charge in [0.05, 0.1) is 13.5 Å². The Balaban J connectivity index is 2.68. The molecule has 4 heteroatoms. The number of benzene rings is 1. The second-order valence-electron chi connectivity index (χ2n) is 3.68. The van der Waals surface area contributed by atoms with Crippen LogP contribution in [0.25, 0.3) is 10.9 Å². The minimum Gasteiger partial charge on any atom is -0.496 e. The Morgan fingerprint density at radius 3 is 2.81 bits per heavy atom. The second kappa shape index (κ2) is 3.89. The molecular formula is C12H13NO3. The maximum absolute atomic E-state index is 10.8. The molecule has 0 atom stereocenters. The van der Waals surface area contributed by atoms with Gasteiger partial charge in [0.25, 0.3) is 0 Å². The number of aromatic nitrogens is 1. The molecule has 0 radical (unpaired) electrons. The number of ether oxygens (including phenoxy) is 1. The highest BCUT2D eigenvalue weighted by Gasteiger charge is 2.13. The largest absolute Gasteiger partial charge is 0.496 e. The van der Waals surface area contributed by atoms with Crippen LogP contribution < -0.4 is 4.74 Å². The van der Waals surface area contributed by atoms with E-state index >= 15 is 0 Å². The number of aliphatic carboxylic acids is 1. The Kier molecular flexibility index (Phi) is 2.56. The topological polar surface area (TPSA) is 51.5 Å². The van der Waals surface area contributed by atoms with Gasteiger partial charge in [0.15, 0.2) is 0 Å². The van der Waals surface area contributed by atoms with Gasteiger partial charge in [0, 0.05) is 29.7 Å². The molecule has 4 nitrogen and oxygen atoms in total. The SMILES string of the molecule is COc1ccc2c(ccn2C)c1CC(=O)O. The van der Waals surface area contributed by atoms with Crippen LogP contribution in [-0.4, -0.2) is 22.8 Å². The van der Waals surface area contributed by atoms with Gasteiger partial charge < -0.3 is 14.4 Å². The zero-order valence-electron chi connectivity index (χ0n) is 9.23. The number of carbonyl (C=O) groups is 1. The summed E-state index contributed by atoms with van der Waals surface area (Å²) in [5, 5.41) is 9.83. The van der Waals surface area contributed by atoms with E-state index in [0.29, 0.717) is 5.75 Å². The number of carboxylic acid groups (broad SMARTS) is 1. The molecule has 0 saturated heterocycles. The van der Waals surface area contributed by atoms with Gasteiger partial charge in [-0.15, -0.1) is 0 Å². The molecule has 0 aliphatic heterocycles. The zero-order valence-corrected chi connectivity index (χ0v) is 9.23. The van der Waals surface area contributed by atoms with Crippen molar-refractivity contribution in [2.75, 3.05) is 7.11 Å². The van der Waals surface area contributed by atoms with E-state index in [1.165, 1.54) is 0 Å². The van der Waals surface area contributed by atoms with Gasteiger partial charge in [0.2, 0.25) is 0 Å². The summed E-state index contributed by atoms with van der Waals surface area (Å²) in [5.41, 5.74) is 1.74. The van der Waals surface area contributed by atoms with Crippen molar-refractivity contribution in [1.29, 1.82) is 0 Å². The third kappa shape index (κ3) is 1.62. The predicted octanol–water partition coefficient (Wildman–Crippen LogP) is 1.81. The zero-order chi connectivity index (χ0) is 11.7. The molecule has 1 aromatic heterocycles. The van der Waals surface area contributed by atoms with Gasteiger partial charge in [-0.2, -0.15) is 0 Å². The number of hydrogen-bond acceptors (Lipinski definition) is 2. The minimum absolute atomic E-state index is 0.0233. The normalized spacial score (nSPS) is 10.6. The van der Waals surface area contributed by atoms with Crippen LogP contribution in [0.3, 0.4) is 0 Å². The van der Waals surface area contributed by atoms with Gasteiger partial charge in [-0.1, -0.05) is 0 Å².